The summed E-state index contributed by atoms with van der Waals surface area (Å²) >= 11 is 2.70. The third kappa shape index (κ3) is 3.62. The van der Waals surface area contributed by atoms with E-state index in [9.17, 15) is 20.2 Å². The van der Waals surface area contributed by atoms with Crippen molar-refractivity contribution in [1.29, 1.82) is 0 Å². The van der Waals surface area contributed by atoms with E-state index < -0.39 is 9.85 Å². The lowest BCUT2D eigenvalue weighted by Gasteiger charge is -1.89. The number of hydrogen-bond donors (Lipinski definition) is 0. The Balaban J connectivity index is 2.12. The molecule has 0 radical (unpaired) electrons. The molecule has 20 heavy (non-hydrogen) atoms. The summed E-state index contributed by atoms with van der Waals surface area (Å²) in [4.78, 5) is 23.9. The lowest BCUT2D eigenvalue weighted by molar-refractivity contribution is -0.402. The largest absolute Gasteiger partial charge is 0.271 e. The molecule has 102 valence electrons. The molecule has 0 bridgehead atoms. The molecule has 0 amide bonds. The molecule has 0 aliphatic rings. The maximum absolute atomic E-state index is 10.7. The first-order valence-corrected chi connectivity index (χ1v) is 6.94. The molecule has 9 heteroatoms. The summed E-state index contributed by atoms with van der Waals surface area (Å²) in [6.45, 7) is 0. The van der Waals surface area contributed by atoms with Crippen molar-refractivity contribution in [2.75, 3.05) is 0 Å². The van der Waals surface area contributed by atoms with Gasteiger partial charge in [-0.2, -0.15) is 0 Å². The van der Waals surface area contributed by atoms with Gasteiger partial charge in [-0.15, -0.1) is 11.3 Å². The van der Waals surface area contributed by atoms with Gasteiger partial charge in [-0.25, -0.2) is 4.98 Å². The van der Waals surface area contributed by atoms with Crippen LogP contribution in [0.15, 0.2) is 46.3 Å². The lowest BCUT2D eigenvalue weighted by atomic mass is 10.3. The molecule has 2 aromatic rings. The number of rotatable bonds is 5. The number of allylic oxidation sites excluding steroid dienone is 2. The quantitative estimate of drug-likeness (QED) is 0.362. The van der Waals surface area contributed by atoms with Gasteiger partial charge in [-0.1, -0.05) is 11.8 Å². The number of thioether (sulfide) groups is 1. The average molecular weight is 309 g/mol. The van der Waals surface area contributed by atoms with E-state index in [2.05, 4.69) is 4.98 Å². The Morgan fingerprint density at radius 2 is 2.05 bits per heavy atom. The molecule has 0 unspecified atom stereocenters. The van der Waals surface area contributed by atoms with Crippen molar-refractivity contribution < 1.29 is 9.85 Å². The summed E-state index contributed by atoms with van der Waals surface area (Å²) in [7, 11) is 0. The highest BCUT2D eigenvalue weighted by Crippen LogP contribution is 2.31. The van der Waals surface area contributed by atoms with Crippen LogP contribution in [-0.2, 0) is 0 Å². The molecule has 1 aromatic carbocycles. The van der Waals surface area contributed by atoms with E-state index in [1.165, 1.54) is 47.4 Å². The third-order valence-electron chi connectivity index (χ3n) is 2.13. The lowest BCUT2D eigenvalue weighted by Crippen LogP contribution is -1.86. The molecule has 0 spiro atoms. The molecule has 0 N–H and O–H groups in total. The first-order valence-electron chi connectivity index (χ1n) is 5.25. The number of nitro groups is 2. The maximum Gasteiger partial charge on any atom is 0.271 e. The zero-order valence-corrected chi connectivity index (χ0v) is 11.5. The van der Waals surface area contributed by atoms with E-state index in [1.54, 1.807) is 11.5 Å². The second-order valence-corrected chi connectivity index (χ2v) is 5.65. The highest BCUT2D eigenvalue weighted by molar-refractivity contribution is 8.03. The van der Waals surface area contributed by atoms with Crippen LogP contribution in [0.25, 0.3) is 10.2 Å². The van der Waals surface area contributed by atoms with Crippen LogP contribution in [0.3, 0.4) is 0 Å². The molecule has 1 aromatic heterocycles. The monoisotopic (exact) mass is 309 g/mol. The predicted molar refractivity (Wildman–Crippen MR) is 77.4 cm³/mol. The van der Waals surface area contributed by atoms with Crippen LogP contribution < -0.4 is 0 Å². The predicted octanol–water partition coefficient (Wildman–Crippen LogP) is 3.60. The summed E-state index contributed by atoms with van der Waals surface area (Å²) < 4.78 is 1.57. The van der Waals surface area contributed by atoms with Crippen LogP contribution in [-0.4, -0.2) is 14.8 Å². The summed E-state index contributed by atoms with van der Waals surface area (Å²) in [5.74, 6) is 0. The van der Waals surface area contributed by atoms with Gasteiger partial charge < -0.3 is 0 Å². The van der Waals surface area contributed by atoms with Crippen molar-refractivity contribution in [3.05, 3.63) is 62.2 Å². The normalized spacial score (nSPS) is 11.6. The van der Waals surface area contributed by atoms with Gasteiger partial charge >= 0.3 is 0 Å². The first kappa shape index (κ1) is 14.2. The van der Waals surface area contributed by atoms with Gasteiger partial charge in [0.1, 0.15) is 0 Å². The Bertz CT molecular complexity index is 724. The number of aromatic nitrogens is 1. The molecular formula is C11H7N3O4S2. The Hall–Kier alpha value is -2.26. The Labute approximate surface area is 120 Å². The van der Waals surface area contributed by atoms with Gasteiger partial charge in [0, 0.05) is 18.2 Å². The summed E-state index contributed by atoms with van der Waals surface area (Å²) in [5, 5.41) is 22.4. The number of hydrogen-bond acceptors (Lipinski definition) is 7. The van der Waals surface area contributed by atoms with Crippen LogP contribution in [0, 0.1) is 20.2 Å². The molecular weight excluding hydrogens is 302 g/mol. The molecule has 0 fully saturated rings. The zero-order chi connectivity index (χ0) is 14.5. The average Bonchev–Trinajstić information content (AvgIpc) is 2.79. The van der Waals surface area contributed by atoms with E-state index in [0.717, 1.165) is 10.9 Å². The maximum atomic E-state index is 10.7. The van der Waals surface area contributed by atoms with E-state index in [4.69, 9.17) is 0 Å². The number of nitrogens with zero attached hydrogens (tertiary/aromatic N) is 3. The van der Waals surface area contributed by atoms with Gasteiger partial charge in [-0.3, -0.25) is 20.2 Å². The molecule has 2 rings (SSSR count). The fraction of sp³-hybridized carbons (Fsp3) is 0. The highest BCUT2D eigenvalue weighted by atomic mass is 32.2. The number of thiazole rings is 1. The third-order valence-corrected chi connectivity index (χ3v) is 4.08. The fourth-order valence-corrected chi connectivity index (χ4v) is 3.06. The van der Waals surface area contributed by atoms with Gasteiger partial charge in [0.15, 0.2) is 4.34 Å². The number of fused-ring (bicyclic) bond motifs is 1. The molecule has 0 saturated heterocycles. The minimum atomic E-state index is -0.550. The van der Waals surface area contributed by atoms with Crippen molar-refractivity contribution in [2.24, 2.45) is 0 Å². The number of nitro benzene ring substituents is 1. The van der Waals surface area contributed by atoms with Crippen LogP contribution in [0.4, 0.5) is 5.69 Å². The molecule has 0 aliphatic carbocycles. The molecule has 1 heterocycles. The van der Waals surface area contributed by atoms with Crippen molar-refractivity contribution in [3.63, 3.8) is 0 Å². The zero-order valence-electron chi connectivity index (χ0n) is 9.83. The Morgan fingerprint density at radius 1 is 1.25 bits per heavy atom. The summed E-state index contributed by atoms with van der Waals surface area (Å²) in [6.07, 6.45) is 3.67. The van der Waals surface area contributed by atoms with E-state index in [-0.39, 0.29) is 5.69 Å². The summed E-state index contributed by atoms with van der Waals surface area (Å²) in [5.41, 5.74) is 0.574. The highest BCUT2D eigenvalue weighted by Gasteiger charge is 2.09. The molecule has 7 nitrogen and oxygen atoms in total. The standard InChI is InChI=1S/C11H7N3O4S2/c15-13(16)5-1-2-6-19-11-12-9-7-8(14(17)18)3-4-10(9)20-11/h1-7H. The van der Waals surface area contributed by atoms with Crippen LogP contribution in [0.2, 0.25) is 0 Å². The molecule has 0 saturated carbocycles. The Morgan fingerprint density at radius 3 is 2.75 bits per heavy atom. The van der Waals surface area contributed by atoms with E-state index >= 15 is 0 Å². The minimum absolute atomic E-state index is 0.00353. The second kappa shape index (κ2) is 6.26. The van der Waals surface area contributed by atoms with Gasteiger partial charge in [0.2, 0.25) is 6.20 Å². The van der Waals surface area contributed by atoms with Gasteiger partial charge in [0.05, 0.1) is 20.1 Å². The van der Waals surface area contributed by atoms with Crippen molar-refractivity contribution in [3.8, 4) is 0 Å². The number of non-ortho nitro benzene ring substituents is 1. The van der Waals surface area contributed by atoms with Crippen LogP contribution >= 0.6 is 23.1 Å². The van der Waals surface area contributed by atoms with Crippen molar-refractivity contribution in [2.45, 2.75) is 4.34 Å². The SMILES string of the molecule is O=[N+]([O-])C=CC=CSc1nc2cc([N+](=O)[O-])ccc2s1. The van der Waals surface area contributed by atoms with Crippen LogP contribution in [0.1, 0.15) is 0 Å². The number of benzene rings is 1. The summed E-state index contributed by atoms with van der Waals surface area (Å²) in [6, 6.07) is 4.52. The fourth-order valence-electron chi connectivity index (χ4n) is 1.32. The van der Waals surface area contributed by atoms with Crippen molar-refractivity contribution >= 4 is 39.0 Å². The van der Waals surface area contributed by atoms with Crippen LogP contribution in [0.5, 0.6) is 0 Å². The van der Waals surface area contributed by atoms with Gasteiger partial charge in [0.25, 0.3) is 5.69 Å². The molecule has 0 atom stereocenters. The van der Waals surface area contributed by atoms with Crippen molar-refractivity contribution in [1.82, 2.24) is 4.98 Å². The van der Waals surface area contributed by atoms with E-state index in [0.29, 0.717) is 9.86 Å². The first-order chi connectivity index (χ1) is 9.56. The molecule has 0 aliphatic heterocycles. The van der Waals surface area contributed by atoms with E-state index in [1.807, 2.05) is 0 Å². The Kier molecular flexibility index (Phi) is 4.43. The van der Waals surface area contributed by atoms with Gasteiger partial charge in [-0.05, 0) is 17.6 Å². The smallest absolute Gasteiger partial charge is 0.259 e. The second-order valence-electron chi connectivity index (χ2n) is 3.46. The topological polar surface area (TPSA) is 99.2 Å². The minimum Gasteiger partial charge on any atom is -0.259 e.